The van der Waals surface area contributed by atoms with Crippen LogP contribution in [0.25, 0.3) is 0 Å². The third-order valence-corrected chi connectivity index (χ3v) is 6.45. The van der Waals surface area contributed by atoms with Crippen LogP contribution in [-0.2, 0) is 0 Å². The van der Waals surface area contributed by atoms with Crippen LogP contribution in [0, 0.1) is 17.8 Å². The molecule has 128 valence electrons. The second-order valence-electron chi connectivity index (χ2n) is 8.69. The van der Waals surface area contributed by atoms with E-state index >= 15 is 0 Å². The number of hydrogen-bond acceptors (Lipinski definition) is 1. The van der Waals surface area contributed by atoms with Crippen LogP contribution < -0.4 is 0 Å². The zero-order valence-electron chi connectivity index (χ0n) is 15.8. The van der Waals surface area contributed by atoms with Crippen molar-refractivity contribution >= 4 is 0 Å². The fourth-order valence-corrected chi connectivity index (χ4v) is 4.97. The molecule has 1 heteroatoms. The molecule has 1 nitrogen and oxygen atoms in total. The summed E-state index contributed by atoms with van der Waals surface area (Å²) in [5, 5.41) is 0. The maximum Gasteiger partial charge on any atom is 0.0250 e. The van der Waals surface area contributed by atoms with Crippen LogP contribution in [0.5, 0.6) is 0 Å². The Morgan fingerprint density at radius 1 is 1.14 bits per heavy atom. The van der Waals surface area contributed by atoms with Crippen molar-refractivity contribution in [2.45, 2.75) is 97.6 Å². The second-order valence-corrected chi connectivity index (χ2v) is 8.69. The summed E-state index contributed by atoms with van der Waals surface area (Å²) in [4.78, 5) is 2.90. The highest BCUT2D eigenvalue weighted by atomic mass is 15.2. The molecule has 0 spiro atoms. The Bertz CT molecular complexity index is 359. The third-order valence-electron chi connectivity index (χ3n) is 6.45. The van der Waals surface area contributed by atoms with Gasteiger partial charge in [0, 0.05) is 18.1 Å². The molecule has 1 saturated carbocycles. The summed E-state index contributed by atoms with van der Waals surface area (Å²) in [7, 11) is 0. The molecule has 0 aromatic carbocycles. The van der Waals surface area contributed by atoms with Gasteiger partial charge in [0.2, 0.25) is 0 Å². The molecule has 2 rings (SSSR count). The fraction of sp³-hybridized carbons (Fsp3) is 0.905. The predicted octanol–water partition coefficient (Wildman–Crippen LogP) is 6.05. The van der Waals surface area contributed by atoms with Crippen molar-refractivity contribution in [3.63, 3.8) is 0 Å². The maximum atomic E-state index is 2.90. The van der Waals surface area contributed by atoms with Crippen molar-refractivity contribution < 1.29 is 0 Å². The van der Waals surface area contributed by atoms with Crippen LogP contribution in [0.1, 0.15) is 86.0 Å². The lowest BCUT2D eigenvalue weighted by atomic mass is 9.74. The van der Waals surface area contributed by atoms with Gasteiger partial charge in [-0.2, -0.15) is 0 Å². The Morgan fingerprint density at radius 2 is 1.91 bits per heavy atom. The molecule has 0 amide bonds. The Labute approximate surface area is 139 Å². The molecule has 1 fully saturated rings. The first-order valence-corrected chi connectivity index (χ1v) is 9.89. The van der Waals surface area contributed by atoms with E-state index in [0.29, 0.717) is 5.54 Å². The van der Waals surface area contributed by atoms with Crippen LogP contribution in [-0.4, -0.2) is 23.0 Å². The van der Waals surface area contributed by atoms with Crippen molar-refractivity contribution in [2.24, 2.45) is 17.8 Å². The molecule has 0 N–H and O–H groups in total. The highest BCUT2D eigenvalue weighted by molar-refractivity contribution is 5.08. The fourth-order valence-electron chi connectivity index (χ4n) is 4.97. The topological polar surface area (TPSA) is 3.24 Å². The van der Waals surface area contributed by atoms with E-state index < -0.39 is 0 Å². The minimum atomic E-state index is 0.397. The van der Waals surface area contributed by atoms with E-state index in [0.717, 1.165) is 23.8 Å². The molecular formula is C21H39N. The van der Waals surface area contributed by atoms with E-state index in [9.17, 15) is 0 Å². The molecule has 1 heterocycles. The van der Waals surface area contributed by atoms with Crippen molar-refractivity contribution in [2.75, 3.05) is 6.54 Å². The standard InChI is InChI=1S/C21H39N/c1-6-20(16-17(2)3)22-15-8-7-14-21(22,5)19-11-9-10-18(4)12-13-19/h7-8,17-20H,6,9-16H2,1-5H3. The number of nitrogens with zero attached hydrogens (tertiary/aromatic N) is 1. The number of hydrogen-bond donors (Lipinski definition) is 0. The minimum absolute atomic E-state index is 0.397. The molecule has 4 atom stereocenters. The van der Waals surface area contributed by atoms with Gasteiger partial charge in [0.15, 0.2) is 0 Å². The molecule has 0 bridgehead atoms. The SMILES string of the molecule is CCC(CC(C)C)N1CC=CCC1(C)C1CCCC(C)CC1. The molecule has 0 aromatic rings. The molecule has 4 unspecified atom stereocenters. The molecule has 22 heavy (non-hydrogen) atoms. The van der Waals surface area contributed by atoms with Crippen molar-refractivity contribution in [3.05, 3.63) is 12.2 Å². The van der Waals surface area contributed by atoms with Gasteiger partial charge < -0.3 is 0 Å². The van der Waals surface area contributed by atoms with Crippen molar-refractivity contribution in [3.8, 4) is 0 Å². The van der Waals surface area contributed by atoms with Crippen molar-refractivity contribution in [1.29, 1.82) is 0 Å². The van der Waals surface area contributed by atoms with Crippen LogP contribution in [0.3, 0.4) is 0 Å². The smallest absolute Gasteiger partial charge is 0.0250 e. The molecule has 0 aromatic heterocycles. The highest BCUT2D eigenvalue weighted by Gasteiger charge is 2.42. The van der Waals surface area contributed by atoms with Crippen LogP contribution in [0.2, 0.25) is 0 Å². The average molecular weight is 306 g/mol. The Morgan fingerprint density at radius 3 is 2.59 bits per heavy atom. The first-order valence-electron chi connectivity index (χ1n) is 9.89. The van der Waals surface area contributed by atoms with Crippen LogP contribution >= 0.6 is 0 Å². The quantitative estimate of drug-likeness (QED) is 0.441. The molecule has 0 radical (unpaired) electrons. The van der Waals surface area contributed by atoms with Gasteiger partial charge in [-0.25, -0.2) is 0 Å². The third kappa shape index (κ3) is 4.16. The van der Waals surface area contributed by atoms with E-state index in [1.165, 1.54) is 57.9 Å². The van der Waals surface area contributed by atoms with Crippen LogP contribution in [0.4, 0.5) is 0 Å². The maximum absolute atomic E-state index is 2.90. The summed E-state index contributed by atoms with van der Waals surface area (Å²) in [6.07, 6.45) is 16.0. The van der Waals surface area contributed by atoms with Gasteiger partial charge in [0.25, 0.3) is 0 Å². The monoisotopic (exact) mass is 305 g/mol. The first-order chi connectivity index (χ1) is 10.5. The molecule has 2 aliphatic rings. The van der Waals surface area contributed by atoms with Gasteiger partial charge >= 0.3 is 0 Å². The lowest BCUT2D eigenvalue weighted by Gasteiger charge is -2.52. The second kappa shape index (κ2) is 7.99. The van der Waals surface area contributed by atoms with E-state index in [4.69, 9.17) is 0 Å². The summed E-state index contributed by atoms with van der Waals surface area (Å²) < 4.78 is 0. The van der Waals surface area contributed by atoms with Gasteiger partial charge in [-0.05, 0) is 56.8 Å². The lowest BCUT2D eigenvalue weighted by molar-refractivity contribution is -0.000256. The summed E-state index contributed by atoms with van der Waals surface area (Å²) >= 11 is 0. The molecule has 1 aliphatic carbocycles. The van der Waals surface area contributed by atoms with E-state index in [1.54, 1.807) is 0 Å². The van der Waals surface area contributed by atoms with Gasteiger partial charge in [-0.15, -0.1) is 0 Å². The lowest BCUT2D eigenvalue weighted by Crippen LogP contribution is -2.57. The van der Waals surface area contributed by atoms with Gasteiger partial charge in [0.05, 0.1) is 0 Å². The summed E-state index contributed by atoms with van der Waals surface area (Å²) in [6, 6.07) is 0.760. The Kier molecular flexibility index (Phi) is 6.56. The summed E-state index contributed by atoms with van der Waals surface area (Å²) in [6.45, 7) is 13.4. The minimum Gasteiger partial charge on any atom is -0.291 e. The average Bonchev–Trinajstić information content (AvgIpc) is 2.70. The van der Waals surface area contributed by atoms with Crippen molar-refractivity contribution in [1.82, 2.24) is 4.90 Å². The highest BCUT2D eigenvalue weighted by Crippen LogP contribution is 2.42. The summed E-state index contributed by atoms with van der Waals surface area (Å²) in [5.74, 6) is 2.64. The van der Waals surface area contributed by atoms with E-state index in [2.05, 4.69) is 51.7 Å². The molecule has 1 aliphatic heterocycles. The largest absolute Gasteiger partial charge is 0.291 e. The summed E-state index contributed by atoms with van der Waals surface area (Å²) in [5.41, 5.74) is 0.397. The predicted molar refractivity (Wildman–Crippen MR) is 98.1 cm³/mol. The van der Waals surface area contributed by atoms with Gasteiger partial charge in [-0.1, -0.05) is 59.1 Å². The zero-order chi connectivity index (χ0) is 16.2. The Hall–Kier alpha value is -0.300. The van der Waals surface area contributed by atoms with Gasteiger partial charge in [-0.3, -0.25) is 4.90 Å². The van der Waals surface area contributed by atoms with Gasteiger partial charge in [0.1, 0.15) is 0 Å². The Balaban J connectivity index is 2.17. The number of rotatable bonds is 5. The molecule has 0 saturated heterocycles. The normalized spacial score (nSPS) is 35.5. The zero-order valence-corrected chi connectivity index (χ0v) is 15.8. The van der Waals surface area contributed by atoms with E-state index in [-0.39, 0.29) is 0 Å². The molecular weight excluding hydrogens is 266 g/mol. The first kappa shape index (κ1) is 18.0. The van der Waals surface area contributed by atoms with E-state index in [1.807, 2.05) is 0 Å². The van der Waals surface area contributed by atoms with Crippen LogP contribution in [0.15, 0.2) is 12.2 Å².